The molecule has 0 aliphatic heterocycles. The molecule has 1 heterocycles. The Morgan fingerprint density at radius 2 is 2.16 bits per heavy atom. The second-order valence-electron chi connectivity index (χ2n) is 6.84. The van der Waals surface area contributed by atoms with Crippen LogP contribution in [0.15, 0.2) is 48.7 Å². The van der Waals surface area contributed by atoms with E-state index >= 15 is 0 Å². The van der Waals surface area contributed by atoms with Gasteiger partial charge in [-0.2, -0.15) is 0 Å². The molecular formula is C21H23FN2O. The van der Waals surface area contributed by atoms with E-state index in [4.69, 9.17) is 4.74 Å². The van der Waals surface area contributed by atoms with Crippen LogP contribution in [0.2, 0.25) is 0 Å². The van der Waals surface area contributed by atoms with Crippen molar-refractivity contribution < 1.29 is 9.13 Å². The highest BCUT2D eigenvalue weighted by Gasteiger charge is 2.39. The standard InChI is InChI=1S/C21H23FN2O/c1-25-17-4-2-3-14(9-17)7-8-23-12-15-10-18(15)20-13-24-21-6-5-16(22)11-19(20)21/h2-6,9,11,13,15,18,23-24H,7-8,10,12H2,1H3. The number of nitrogens with one attached hydrogen (secondary N) is 2. The molecule has 25 heavy (non-hydrogen) atoms. The monoisotopic (exact) mass is 338 g/mol. The zero-order chi connectivity index (χ0) is 17.2. The minimum Gasteiger partial charge on any atom is -0.497 e. The van der Waals surface area contributed by atoms with Crippen LogP contribution in [-0.2, 0) is 6.42 Å². The van der Waals surface area contributed by atoms with Crippen molar-refractivity contribution >= 4 is 10.9 Å². The number of aromatic nitrogens is 1. The normalized spacial score (nSPS) is 19.3. The summed E-state index contributed by atoms with van der Waals surface area (Å²) in [6.45, 7) is 1.97. The van der Waals surface area contributed by atoms with E-state index in [2.05, 4.69) is 22.4 Å². The van der Waals surface area contributed by atoms with E-state index in [1.54, 1.807) is 13.2 Å². The first-order chi connectivity index (χ1) is 12.2. The first-order valence-electron chi connectivity index (χ1n) is 8.85. The van der Waals surface area contributed by atoms with E-state index in [0.29, 0.717) is 11.8 Å². The van der Waals surface area contributed by atoms with Gasteiger partial charge in [-0.3, -0.25) is 0 Å². The molecule has 2 atom stereocenters. The molecule has 2 N–H and O–H groups in total. The lowest BCUT2D eigenvalue weighted by atomic mass is 10.1. The van der Waals surface area contributed by atoms with Crippen molar-refractivity contribution in [1.29, 1.82) is 0 Å². The van der Waals surface area contributed by atoms with Crippen LogP contribution >= 0.6 is 0 Å². The zero-order valence-electron chi connectivity index (χ0n) is 14.4. The maximum Gasteiger partial charge on any atom is 0.123 e. The van der Waals surface area contributed by atoms with Gasteiger partial charge in [0.1, 0.15) is 11.6 Å². The zero-order valence-corrected chi connectivity index (χ0v) is 14.4. The van der Waals surface area contributed by atoms with Crippen LogP contribution in [0.25, 0.3) is 10.9 Å². The molecule has 3 aromatic rings. The Kier molecular flexibility index (Phi) is 4.45. The number of fused-ring (bicyclic) bond motifs is 1. The highest BCUT2D eigenvalue weighted by molar-refractivity contribution is 5.84. The maximum absolute atomic E-state index is 13.5. The Hall–Kier alpha value is -2.33. The first kappa shape index (κ1) is 16.2. The number of hydrogen-bond acceptors (Lipinski definition) is 2. The predicted octanol–water partition coefficient (Wildman–Crippen LogP) is 4.25. The molecule has 2 unspecified atom stereocenters. The summed E-state index contributed by atoms with van der Waals surface area (Å²) in [7, 11) is 1.70. The van der Waals surface area contributed by atoms with Crippen molar-refractivity contribution in [3.05, 3.63) is 65.6 Å². The van der Waals surface area contributed by atoms with E-state index in [9.17, 15) is 4.39 Å². The molecular weight excluding hydrogens is 315 g/mol. The van der Waals surface area contributed by atoms with E-state index < -0.39 is 0 Å². The predicted molar refractivity (Wildman–Crippen MR) is 98.7 cm³/mol. The fourth-order valence-electron chi connectivity index (χ4n) is 3.62. The SMILES string of the molecule is COc1cccc(CCNCC2CC2c2c[nH]c3ccc(F)cc23)c1. The Bertz CT molecular complexity index is 873. The molecule has 4 heteroatoms. The number of methoxy groups -OCH3 is 1. The Morgan fingerprint density at radius 3 is 3.04 bits per heavy atom. The number of rotatable bonds is 7. The summed E-state index contributed by atoms with van der Waals surface area (Å²) >= 11 is 0. The third-order valence-electron chi connectivity index (χ3n) is 5.13. The smallest absolute Gasteiger partial charge is 0.123 e. The molecule has 1 fully saturated rings. The topological polar surface area (TPSA) is 37.0 Å². The maximum atomic E-state index is 13.5. The lowest BCUT2D eigenvalue weighted by Gasteiger charge is -2.06. The van der Waals surface area contributed by atoms with Crippen molar-refractivity contribution in [1.82, 2.24) is 10.3 Å². The van der Waals surface area contributed by atoms with Gasteiger partial charge in [0.2, 0.25) is 0 Å². The average molecular weight is 338 g/mol. The second-order valence-corrected chi connectivity index (χ2v) is 6.84. The van der Waals surface area contributed by atoms with Crippen LogP contribution < -0.4 is 10.1 Å². The summed E-state index contributed by atoms with van der Waals surface area (Å²) in [5.74, 6) is 1.93. The van der Waals surface area contributed by atoms with Gasteiger partial charge in [-0.15, -0.1) is 0 Å². The van der Waals surface area contributed by atoms with Gasteiger partial charge in [0.05, 0.1) is 7.11 Å². The summed E-state index contributed by atoms with van der Waals surface area (Å²) < 4.78 is 18.8. The van der Waals surface area contributed by atoms with Gasteiger partial charge < -0.3 is 15.0 Å². The minimum atomic E-state index is -0.165. The molecule has 1 aliphatic rings. The number of hydrogen-bond donors (Lipinski definition) is 2. The molecule has 0 radical (unpaired) electrons. The molecule has 0 amide bonds. The minimum absolute atomic E-state index is 0.165. The van der Waals surface area contributed by atoms with Crippen molar-refractivity contribution in [2.24, 2.45) is 5.92 Å². The quantitative estimate of drug-likeness (QED) is 0.632. The molecule has 1 aromatic heterocycles. The average Bonchev–Trinajstić information content (AvgIpc) is 3.28. The van der Waals surface area contributed by atoms with Crippen LogP contribution in [0.3, 0.4) is 0 Å². The number of benzene rings is 2. The molecule has 2 aromatic carbocycles. The summed E-state index contributed by atoms with van der Waals surface area (Å²) in [6, 6.07) is 13.2. The Morgan fingerprint density at radius 1 is 1.24 bits per heavy atom. The first-order valence-corrected chi connectivity index (χ1v) is 8.85. The van der Waals surface area contributed by atoms with Gasteiger partial charge in [0.25, 0.3) is 0 Å². The number of halogens is 1. The van der Waals surface area contributed by atoms with E-state index in [-0.39, 0.29) is 5.82 Å². The lowest BCUT2D eigenvalue weighted by molar-refractivity contribution is 0.414. The molecule has 0 bridgehead atoms. The molecule has 1 saturated carbocycles. The van der Waals surface area contributed by atoms with Crippen molar-refractivity contribution in [3.63, 3.8) is 0 Å². The summed E-state index contributed by atoms with van der Waals surface area (Å²) in [5.41, 5.74) is 3.56. The highest BCUT2D eigenvalue weighted by atomic mass is 19.1. The fourth-order valence-corrected chi connectivity index (χ4v) is 3.62. The van der Waals surface area contributed by atoms with Gasteiger partial charge in [-0.05, 0) is 79.2 Å². The third-order valence-corrected chi connectivity index (χ3v) is 5.13. The summed E-state index contributed by atoms with van der Waals surface area (Å²) in [4.78, 5) is 3.26. The van der Waals surface area contributed by atoms with Crippen LogP contribution in [-0.4, -0.2) is 25.2 Å². The molecule has 0 spiro atoms. The van der Waals surface area contributed by atoms with Crippen LogP contribution in [0.1, 0.15) is 23.5 Å². The Balaban J connectivity index is 1.28. The van der Waals surface area contributed by atoms with Crippen LogP contribution in [0.5, 0.6) is 5.75 Å². The van der Waals surface area contributed by atoms with E-state index in [0.717, 1.165) is 36.2 Å². The van der Waals surface area contributed by atoms with Crippen LogP contribution in [0.4, 0.5) is 4.39 Å². The second kappa shape index (κ2) is 6.89. The van der Waals surface area contributed by atoms with Gasteiger partial charge in [0, 0.05) is 17.1 Å². The fraction of sp³-hybridized carbons (Fsp3) is 0.333. The lowest BCUT2D eigenvalue weighted by Crippen LogP contribution is -2.20. The highest BCUT2D eigenvalue weighted by Crippen LogP contribution is 2.49. The van der Waals surface area contributed by atoms with Crippen molar-refractivity contribution in [3.8, 4) is 5.75 Å². The summed E-state index contributed by atoms with van der Waals surface area (Å²) in [6.07, 6.45) is 4.22. The van der Waals surface area contributed by atoms with Gasteiger partial charge in [-0.25, -0.2) is 4.39 Å². The molecule has 130 valence electrons. The van der Waals surface area contributed by atoms with E-state index in [1.165, 1.54) is 23.6 Å². The third kappa shape index (κ3) is 3.54. The Labute approximate surface area is 147 Å². The van der Waals surface area contributed by atoms with Crippen molar-refractivity contribution in [2.75, 3.05) is 20.2 Å². The largest absolute Gasteiger partial charge is 0.497 e. The summed E-state index contributed by atoms with van der Waals surface area (Å²) in [5, 5.41) is 4.59. The van der Waals surface area contributed by atoms with Gasteiger partial charge >= 0.3 is 0 Å². The number of ether oxygens (including phenoxy) is 1. The molecule has 0 saturated heterocycles. The molecule has 4 rings (SSSR count). The molecule has 1 aliphatic carbocycles. The number of H-pyrrole nitrogens is 1. The van der Waals surface area contributed by atoms with Gasteiger partial charge in [0.15, 0.2) is 0 Å². The van der Waals surface area contributed by atoms with Crippen LogP contribution in [0, 0.1) is 11.7 Å². The van der Waals surface area contributed by atoms with Crippen molar-refractivity contribution in [2.45, 2.75) is 18.8 Å². The van der Waals surface area contributed by atoms with E-state index in [1.807, 2.05) is 24.4 Å². The number of aromatic amines is 1. The molecule has 3 nitrogen and oxygen atoms in total. The van der Waals surface area contributed by atoms with Gasteiger partial charge in [-0.1, -0.05) is 12.1 Å².